The number of H-pyrrole nitrogens is 1. The molecule has 0 unspecified atom stereocenters. The number of aliphatic hydroxyl groups is 1. The molecule has 1 saturated heterocycles. The maximum Gasteiger partial charge on any atom is 0.416 e. The molecule has 0 radical (unpaired) electrons. The maximum atomic E-state index is 12.9. The molecule has 2 heterocycles. The van der Waals surface area contributed by atoms with Gasteiger partial charge in [-0.25, -0.2) is 0 Å². The van der Waals surface area contributed by atoms with Gasteiger partial charge >= 0.3 is 6.18 Å². The van der Waals surface area contributed by atoms with E-state index in [4.69, 9.17) is 0 Å². The van der Waals surface area contributed by atoms with E-state index < -0.39 is 18.3 Å². The highest BCUT2D eigenvalue weighted by molar-refractivity contribution is 5.85. The molecule has 0 spiro atoms. The summed E-state index contributed by atoms with van der Waals surface area (Å²) in [6.07, 6.45) is -4.52. The zero-order valence-corrected chi connectivity index (χ0v) is 13.9. The van der Waals surface area contributed by atoms with E-state index in [1.54, 1.807) is 23.1 Å². The molecule has 1 aromatic carbocycles. The molecular weight excluding hydrogens is 333 g/mol. The number of nitrogens with zero attached hydrogens (tertiary/aromatic N) is 1. The Hall–Kier alpha value is -2.02. The van der Waals surface area contributed by atoms with Crippen molar-refractivity contribution in [2.24, 2.45) is 0 Å². The molecule has 0 amide bonds. The van der Waals surface area contributed by atoms with Gasteiger partial charge in [0.05, 0.1) is 6.04 Å². The van der Waals surface area contributed by atoms with E-state index in [0.29, 0.717) is 30.6 Å². The third kappa shape index (κ3) is 3.51. The molecule has 0 aliphatic carbocycles. The van der Waals surface area contributed by atoms with Gasteiger partial charge in [-0.1, -0.05) is 13.3 Å². The zero-order chi connectivity index (χ0) is 18.2. The second-order valence-electron chi connectivity index (χ2n) is 6.53. The highest BCUT2D eigenvalue weighted by Gasteiger charge is 2.47. The minimum absolute atomic E-state index is 0.185. The average Bonchev–Trinajstić information content (AvgIpc) is 3.02. The standard InChI is InChI=1S/C18H21F3N2O2/c1-2-4-11-9-16(24)22-14-7-6-12(10-13(11)14)23-8-3-5-15(23)17(25)18(19,20)21/h6-7,9-10,15,17,25H,2-5,8H2,1H3,(H,22,24)/t15-,17-/m1/s1. The molecule has 1 aliphatic heterocycles. The molecule has 7 heteroatoms. The summed E-state index contributed by atoms with van der Waals surface area (Å²) in [5.74, 6) is 0. The highest BCUT2D eigenvalue weighted by atomic mass is 19.4. The monoisotopic (exact) mass is 354 g/mol. The number of nitrogens with one attached hydrogen (secondary N) is 1. The predicted octanol–water partition coefficient (Wildman–Crippen LogP) is 3.37. The second-order valence-corrected chi connectivity index (χ2v) is 6.53. The zero-order valence-electron chi connectivity index (χ0n) is 13.9. The van der Waals surface area contributed by atoms with Crippen LogP contribution in [0.15, 0.2) is 29.1 Å². The van der Waals surface area contributed by atoms with Gasteiger partial charge in [0.1, 0.15) is 0 Å². The van der Waals surface area contributed by atoms with Crippen molar-refractivity contribution in [3.63, 3.8) is 0 Å². The van der Waals surface area contributed by atoms with Gasteiger partial charge < -0.3 is 15.0 Å². The van der Waals surface area contributed by atoms with Gasteiger partial charge in [0.25, 0.3) is 0 Å². The quantitative estimate of drug-likeness (QED) is 0.885. The normalized spacial score (nSPS) is 19.6. The summed E-state index contributed by atoms with van der Waals surface area (Å²) in [4.78, 5) is 16.1. The molecule has 3 rings (SSSR count). The fraction of sp³-hybridized carbons (Fsp3) is 0.500. The molecule has 1 aliphatic rings. The third-order valence-corrected chi connectivity index (χ3v) is 4.76. The van der Waals surface area contributed by atoms with Gasteiger partial charge in [-0.05, 0) is 43.0 Å². The van der Waals surface area contributed by atoms with Crippen LogP contribution in [0.1, 0.15) is 31.7 Å². The number of hydrogen-bond donors (Lipinski definition) is 2. The van der Waals surface area contributed by atoms with Gasteiger partial charge in [-0.3, -0.25) is 4.79 Å². The SMILES string of the molecule is CCCc1cc(=O)[nH]c2ccc(N3CCC[C@@H]3[C@@H](O)C(F)(F)F)cc12. The summed E-state index contributed by atoms with van der Waals surface area (Å²) in [7, 11) is 0. The van der Waals surface area contributed by atoms with Crippen molar-refractivity contribution in [2.45, 2.75) is 50.9 Å². The number of fused-ring (bicyclic) bond motifs is 1. The largest absolute Gasteiger partial charge is 0.416 e. The van der Waals surface area contributed by atoms with E-state index in [9.17, 15) is 23.1 Å². The van der Waals surface area contributed by atoms with Crippen LogP contribution < -0.4 is 10.5 Å². The molecular formula is C18H21F3N2O2. The average molecular weight is 354 g/mol. The van der Waals surface area contributed by atoms with E-state index >= 15 is 0 Å². The number of aryl methyl sites for hydroxylation is 1. The molecule has 1 aromatic heterocycles. The second kappa shape index (κ2) is 6.71. The Morgan fingerprint density at radius 1 is 1.36 bits per heavy atom. The first-order valence-electron chi connectivity index (χ1n) is 8.48. The van der Waals surface area contributed by atoms with Gasteiger partial charge in [-0.15, -0.1) is 0 Å². The first kappa shape index (κ1) is 17.8. The molecule has 25 heavy (non-hydrogen) atoms. The van der Waals surface area contributed by atoms with Gasteiger partial charge in [0, 0.05) is 29.2 Å². The minimum Gasteiger partial charge on any atom is -0.382 e. The van der Waals surface area contributed by atoms with Crippen LogP contribution in [0.4, 0.5) is 18.9 Å². The third-order valence-electron chi connectivity index (χ3n) is 4.76. The summed E-state index contributed by atoms with van der Waals surface area (Å²) >= 11 is 0. The Morgan fingerprint density at radius 3 is 2.80 bits per heavy atom. The van der Waals surface area contributed by atoms with Crippen molar-refractivity contribution in [1.82, 2.24) is 4.98 Å². The number of aromatic nitrogens is 1. The smallest absolute Gasteiger partial charge is 0.382 e. The van der Waals surface area contributed by atoms with E-state index in [-0.39, 0.29) is 5.56 Å². The lowest BCUT2D eigenvalue weighted by atomic mass is 10.0. The lowest BCUT2D eigenvalue weighted by Gasteiger charge is -2.31. The first-order valence-corrected chi connectivity index (χ1v) is 8.48. The van der Waals surface area contributed by atoms with E-state index in [1.165, 1.54) is 0 Å². The summed E-state index contributed by atoms with van der Waals surface area (Å²) in [5, 5.41) is 10.5. The van der Waals surface area contributed by atoms with Crippen LogP contribution in [0.2, 0.25) is 0 Å². The number of pyridine rings is 1. The van der Waals surface area contributed by atoms with Crippen LogP contribution in [0.25, 0.3) is 10.9 Å². The maximum absolute atomic E-state index is 12.9. The number of halogens is 3. The molecule has 0 bridgehead atoms. The van der Waals surface area contributed by atoms with Crippen LogP contribution in [0.5, 0.6) is 0 Å². The van der Waals surface area contributed by atoms with Crippen molar-refractivity contribution in [2.75, 3.05) is 11.4 Å². The van der Waals surface area contributed by atoms with Crippen LogP contribution in [-0.2, 0) is 6.42 Å². The summed E-state index contributed by atoms with van der Waals surface area (Å²) < 4.78 is 38.8. The van der Waals surface area contributed by atoms with Crippen molar-refractivity contribution in [3.05, 3.63) is 40.2 Å². The Balaban J connectivity index is 2.02. The number of aromatic amines is 1. The van der Waals surface area contributed by atoms with Crippen LogP contribution in [-0.4, -0.2) is 35.0 Å². The van der Waals surface area contributed by atoms with Gasteiger partial charge in [-0.2, -0.15) is 13.2 Å². The van der Waals surface area contributed by atoms with E-state index in [2.05, 4.69) is 4.98 Å². The molecule has 1 fully saturated rings. The molecule has 136 valence electrons. The molecule has 2 atom stereocenters. The summed E-state index contributed by atoms with van der Waals surface area (Å²) in [5.41, 5.74) is 2.01. The van der Waals surface area contributed by atoms with Crippen molar-refractivity contribution in [1.29, 1.82) is 0 Å². The van der Waals surface area contributed by atoms with Crippen LogP contribution in [0, 0.1) is 0 Å². The van der Waals surface area contributed by atoms with Crippen molar-refractivity contribution < 1.29 is 18.3 Å². The minimum atomic E-state index is -4.64. The fourth-order valence-corrected chi connectivity index (χ4v) is 3.63. The first-order chi connectivity index (χ1) is 11.8. The molecule has 2 aromatic rings. The number of rotatable bonds is 4. The summed E-state index contributed by atoms with van der Waals surface area (Å²) in [6.45, 7) is 2.48. The van der Waals surface area contributed by atoms with Gasteiger partial charge in [0.2, 0.25) is 5.56 Å². The number of aliphatic hydroxyl groups excluding tert-OH is 1. The van der Waals surface area contributed by atoms with Crippen LogP contribution in [0.3, 0.4) is 0 Å². The number of alkyl halides is 3. The van der Waals surface area contributed by atoms with Crippen LogP contribution >= 0.6 is 0 Å². The Kier molecular flexibility index (Phi) is 4.77. The molecule has 4 nitrogen and oxygen atoms in total. The van der Waals surface area contributed by atoms with E-state index in [1.807, 2.05) is 13.0 Å². The van der Waals surface area contributed by atoms with Gasteiger partial charge in [0.15, 0.2) is 6.10 Å². The Morgan fingerprint density at radius 2 is 2.12 bits per heavy atom. The lowest BCUT2D eigenvalue weighted by Crippen LogP contribution is -2.47. The predicted molar refractivity (Wildman–Crippen MR) is 91.0 cm³/mol. The number of benzene rings is 1. The molecule has 2 N–H and O–H groups in total. The Labute approximate surface area is 143 Å². The van der Waals surface area contributed by atoms with Crippen molar-refractivity contribution >= 4 is 16.6 Å². The van der Waals surface area contributed by atoms with E-state index in [0.717, 1.165) is 23.8 Å². The summed E-state index contributed by atoms with van der Waals surface area (Å²) in [6, 6.07) is 5.81. The lowest BCUT2D eigenvalue weighted by molar-refractivity contribution is -0.209. The highest BCUT2D eigenvalue weighted by Crippen LogP contribution is 2.35. The topological polar surface area (TPSA) is 56.3 Å². The Bertz CT molecular complexity index is 816. The van der Waals surface area contributed by atoms with Crippen molar-refractivity contribution in [3.8, 4) is 0 Å². The fourth-order valence-electron chi connectivity index (χ4n) is 3.63. The number of hydrogen-bond acceptors (Lipinski definition) is 3. The molecule has 0 saturated carbocycles. The number of anilines is 1.